The number of carbonyl (C=O) groups excluding carboxylic acids is 1. The van der Waals surface area contributed by atoms with Crippen LogP contribution in [0.5, 0.6) is 0 Å². The number of halogens is 1. The van der Waals surface area contributed by atoms with Crippen molar-refractivity contribution in [3.05, 3.63) is 33.9 Å². The molecule has 2 aliphatic rings. The number of carbonyl (C=O) groups is 1. The summed E-state index contributed by atoms with van der Waals surface area (Å²) >= 11 is 6.53. The van der Waals surface area contributed by atoms with Crippen molar-refractivity contribution in [2.75, 3.05) is 38.3 Å². The van der Waals surface area contributed by atoms with E-state index in [4.69, 9.17) is 16.3 Å². The molecule has 6 heteroatoms. The van der Waals surface area contributed by atoms with Crippen molar-refractivity contribution in [1.82, 2.24) is 4.90 Å². The van der Waals surface area contributed by atoms with E-state index < -0.39 is 0 Å². The quantitative estimate of drug-likeness (QED) is 0.571. The molecule has 0 aliphatic carbocycles. The minimum atomic E-state index is -0.263. The molecule has 144 valence electrons. The summed E-state index contributed by atoms with van der Waals surface area (Å²) in [5, 5.41) is 10.1. The van der Waals surface area contributed by atoms with Gasteiger partial charge in [0.25, 0.3) is 5.91 Å². The first kappa shape index (κ1) is 19.7. The predicted octanol–water partition coefficient (Wildman–Crippen LogP) is 3.83. The molecule has 0 spiro atoms. The number of morpholine rings is 1. The number of ether oxygens (including phenoxy) is 1. The smallest absolute Gasteiger partial charge is 0.264 e. The van der Waals surface area contributed by atoms with E-state index in [0.29, 0.717) is 42.8 Å². The first-order chi connectivity index (χ1) is 12.7. The van der Waals surface area contributed by atoms with E-state index in [9.17, 15) is 10.1 Å². The molecule has 1 atom stereocenters. The number of hydrogen-bond acceptors (Lipinski definition) is 4. The molecular formula is C21H26ClN3O2. The van der Waals surface area contributed by atoms with Gasteiger partial charge in [0.05, 0.1) is 13.2 Å². The van der Waals surface area contributed by atoms with Gasteiger partial charge in [0.15, 0.2) is 0 Å². The summed E-state index contributed by atoms with van der Waals surface area (Å²) in [6, 6.07) is 6.03. The van der Waals surface area contributed by atoms with Gasteiger partial charge in [-0.2, -0.15) is 5.26 Å². The third-order valence-corrected chi connectivity index (χ3v) is 6.03. The number of rotatable bonds is 2. The van der Waals surface area contributed by atoms with Crippen molar-refractivity contribution in [2.45, 2.75) is 38.6 Å². The Morgan fingerprint density at radius 2 is 2.04 bits per heavy atom. The number of nitriles is 1. The summed E-state index contributed by atoms with van der Waals surface area (Å²) in [4.78, 5) is 16.6. The lowest BCUT2D eigenvalue weighted by molar-refractivity contribution is -0.130. The molecule has 2 heterocycles. The van der Waals surface area contributed by atoms with Crippen molar-refractivity contribution >= 4 is 29.3 Å². The molecule has 5 nitrogen and oxygen atoms in total. The lowest BCUT2D eigenvalue weighted by Gasteiger charge is -2.45. The monoisotopic (exact) mass is 387 g/mol. The van der Waals surface area contributed by atoms with Gasteiger partial charge >= 0.3 is 0 Å². The molecule has 2 aliphatic heterocycles. The topological polar surface area (TPSA) is 56.6 Å². The summed E-state index contributed by atoms with van der Waals surface area (Å²) in [6.07, 6.45) is 2.64. The van der Waals surface area contributed by atoms with Crippen LogP contribution in [0.15, 0.2) is 17.7 Å². The Kier molecular flexibility index (Phi) is 5.50. The van der Waals surface area contributed by atoms with Crippen molar-refractivity contribution in [3.63, 3.8) is 0 Å². The number of hydrogen-bond donors (Lipinski definition) is 0. The molecule has 27 heavy (non-hydrogen) atoms. The molecule has 0 radical (unpaired) electrons. The van der Waals surface area contributed by atoms with Gasteiger partial charge in [-0.25, -0.2) is 0 Å². The summed E-state index contributed by atoms with van der Waals surface area (Å²) in [6.45, 7) is 8.68. The molecule has 1 fully saturated rings. The van der Waals surface area contributed by atoms with Gasteiger partial charge in [-0.05, 0) is 55.5 Å². The van der Waals surface area contributed by atoms with Crippen LogP contribution in [-0.2, 0) is 9.53 Å². The van der Waals surface area contributed by atoms with Crippen LogP contribution >= 0.6 is 11.6 Å². The average Bonchev–Trinajstić information content (AvgIpc) is 2.65. The number of benzene rings is 1. The Labute approximate surface area is 166 Å². The highest BCUT2D eigenvalue weighted by atomic mass is 35.5. The second-order valence-corrected chi connectivity index (χ2v) is 8.39. The minimum absolute atomic E-state index is 0.0528. The molecule has 1 amide bonds. The fourth-order valence-corrected chi connectivity index (χ4v) is 4.16. The lowest BCUT2D eigenvalue weighted by Crippen LogP contribution is -2.45. The summed E-state index contributed by atoms with van der Waals surface area (Å²) in [5.41, 5.74) is 3.18. The van der Waals surface area contributed by atoms with E-state index in [0.717, 1.165) is 12.1 Å². The van der Waals surface area contributed by atoms with Crippen LogP contribution in [0.3, 0.4) is 0 Å². The molecule has 0 aromatic heterocycles. The highest BCUT2D eigenvalue weighted by Crippen LogP contribution is 2.44. The average molecular weight is 388 g/mol. The molecule has 1 unspecified atom stereocenters. The second-order valence-electron chi connectivity index (χ2n) is 7.98. The Bertz CT molecular complexity index is 819. The summed E-state index contributed by atoms with van der Waals surface area (Å²) in [7, 11) is 2.08. The maximum atomic E-state index is 12.7. The van der Waals surface area contributed by atoms with Crippen LogP contribution in [0.4, 0.5) is 5.69 Å². The zero-order valence-electron chi connectivity index (χ0n) is 16.4. The fraction of sp³-hybridized carbons (Fsp3) is 0.524. The molecular weight excluding hydrogens is 362 g/mol. The normalized spacial score (nSPS) is 22.2. The zero-order valence-corrected chi connectivity index (χ0v) is 17.1. The first-order valence-corrected chi connectivity index (χ1v) is 9.68. The van der Waals surface area contributed by atoms with Gasteiger partial charge in [-0.3, -0.25) is 4.79 Å². The Hall–Kier alpha value is -2.03. The summed E-state index contributed by atoms with van der Waals surface area (Å²) < 4.78 is 5.28. The standard InChI is InChI=1S/C21H26ClN3O2/c1-14-12-21(2,3)24(4)19-11-18(22)15(10-17(14)19)9-16(13-23)20(26)25-5-7-27-8-6-25/h9-11,14H,5-8,12H2,1-4H3/b16-9-. The summed E-state index contributed by atoms with van der Waals surface area (Å²) in [5.74, 6) is 0.108. The third-order valence-electron chi connectivity index (χ3n) is 5.70. The van der Waals surface area contributed by atoms with Crippen LogP contribution < -0.4 is 4.90 Å². The van der Waals surface area contributed by atoms with Crippen LogP contribution in [-0.4, -0.2) is 49.7 Å². The zero-order chi connectivity index (χ0) is 19.8. The van der Waals surface area contributed by atoms with E-state index in [-0.39, 0.29) is 17.0 Å². The molecule has 1 aromatic carbocycles. The number of amides is 1. The van der Waals surface area contributed by atoms with Crippen LogP contribution in [0.2, 0.25) is 5.02 Å². The maximum absolute atomic E-state index is 12.7. The maximum Gasteiger partial charge on any atom is 0.264 e. The van der Waals surface area contributed by atoms with Gasteiger partial charge in [-0.1, -0.05) is 18.5 Å². The van der Waals surface area contributed by atoms with E-state index in [1.165, 1.54) is 5.56 Å². The van der Waals surface area contributed by atoms with Crippen molar-refractivity contribution in [2.24, 2.45) is 0 Å². The van der Waals surface area contributed by atoms with Crippen LogP contribution in [0.1, 0.15) is 44.2 Å². The number of anilines is 1. The number of fused-ring (bicyclic) bond motifs is 1. The minimum Gasteiger partial charge on any atom is -0.378 e. The highest BCUT2D eigenvalue weighted by molar-refractivity contribution is 6.32. The third kappa shape index (κ3) is 3.83. The predicted molar refractivity (Wildman–Crippen MR) is 108 cm³/mol. The van der Waals surface area contributed by atoms with Crippen molar-refractivity contribution in [1.29, 1.82) is 5.26 Å². The lowest BCUT2D eigenvalue weighted by atomic mass is 9.80. The largest absolute Gasteiger partial charge is 0.378 e. The van der Waals surface area contributed by atoms with Crippen LogP contribution in [0.25, 0.3) is 6.08 Å². The molecule has 0 N–H and O–H groups in total. The molecule has 0 saturated carbocycles. The molecule has 1 aromatic rings. The van der Waals surface area contributed by atoms with Crippen LogP contribution in [0, 0.1) is 11.3 Å². The van der Waals surface area contributed by atoms with Gasteiger partial charge in [0.1, 0.15) is 11.6 Å². The molecule has 3 rings (SSSR count). The van der Waals surface area contributed by atoms with E-state index in [1.54, 1.807) is 11.0 Å². The fourth-order valence-electron chi connectivity index (χ4n) is 3.95. The Balaban J connectivity index is 1.97. The van der Waals surface area contributed by atoms with Gasteiger partial charge in [0, 0.05) is 36.4 Å². The van der Waals surface area contributed by atoms with E-state index in [2.05, 4.69) is 32.7 Å². The second kappa shape index (κ2) is 7.53. The van der Waals surface area contributed by atoms with Crippen molar-refractivity contribution < 1.29 is 9.53 Å². The van der Waals surface area contributed by atoms with Gasteiger partial charge in [0.2, 0.25) is 0 Å². The first-order valence-electron chi connectivity index (χ1n) is 9.30. The van der Waals surface area contributed by atoms with E-state index in [1.807, 2.05) is 18.2 Å². The Morgan fingerprint density at radius 3 is 2.67 bits per heavy atom. The highest BCUT2D eigenvalue weighted by Gasteiger charge is 2.34. The SMILES string of the molecule is CC1CC(C)(C)N(C)c2cc(Cl)c(/C=C(/C#N)C(=O)N3CCOCC3)cc21. The van der Waals surface area contributed by atoms with Gasteiger partial charge < -0.3 is 14.5 Å². The molecule has 0 bridgehead atoms. The van der Waals surface area contributed by atoms with E-state index >= 15 is 0 Å². The van der Waals surface area contributed by atoms with Crippen molar-refractivity contribution in [3.8, 4) is 6.07 Å². The molecule has 1 saturated heterocycles. The van der Waals surface area contributed by atoms with Gasteiger partial charge in [-0.15, -0.1) is 0 Å². The number of nitrogens with zero attached hydrogens (tertiary/aromatic N) is 3. The Morgan fingerprint density at radius 1 is 1.37 bits per heavy atom.